The summed E-state index contributed by atoms with van der Waals surface area (Å²) < 4.78 is 0. The third kappa shape index (κ3) is 2.61. The molecule has 0 heterocycles. The van der Waals surface area contributed by atoms with Crippen LogP contribution in [0.1, 0.15) is 13.8 Å². The summed E-state index contributed by atoms with van der Waals surface area (Å²) in [4.78, 5) is 0. The van der Waals surface area contributed by atoms with Gasteiger partial charge in [0.25, 0.3) is 0 Å². The van der Waals surface area contributed by atoms with E-state index < -0.39 is 0 Å². The predicted octanol–water partition coefficient (Wildman–Crippen LogP) is 0.194. The molecule has 0 unspecified atom stereocenters. The van der Waals surface area contributed by atoms with E-state index in [0.29, 0.717) is 5.37 Å². The van der Waals surface area contributed by atoms with E-state index in [1.54, 1.807) is 0 Å². The second-order valence-corrected chi connectivity index (χ2v) is 1.62. The van der Waals surface area contributed by atoms with Gasteiger partial charge in [0.1, 0.15) is 0 Å². The molecular formula is C4H6B3. The fourth-order valence-electron chi connectivity index (χ4n) is 0.167. The summed E-state index contributed by atoms with van der Waals surface area (Å²) in [5.74, 6) is 0. The Morgan fingerprint density at radius 3 is 1.86 bits per heavy atom. The lowest BCUT2D eigenvalue weighted by Crippen LogP contribution is -1.96. The molecule has 0 fully saturated rings. The average molecular weight is 86.5 g/mol. The second kappa shape index (κ2) is 3.01. The summed E-state index contributed by atoms with van der Waals surface area (Å²) in [7, 11) is 11.8. The molecule has 7 heavy (non-hydrogen) atoms. The van der Waals surface area contributed by atoms with E-state index in [1.807, 2.05) is 13.8 Å². The molecule has 0 nitrogen and oxygen atoms in total. The second-order valence-electron chi connectivity index (χ2n) is 1.62. The van der Waals surface area contributed by atoms with Crippen LogP contribution in [0.15, 0.2) is 10.9 Å². The normalized spacial score (nSPS) is 7.71. The highest BCUT2D eigenvalue weighted by Gasteiger charge is 1.83. The monoisotopic (exact) mass is 87.1 g/mol. The summed E-state index contributed by atoms with van der Waals surface area (Å²) in [6, 6.07) is 0. The molecule has 0 bridgehead atoms. The van der Waals surface area contributed by atoms with Gasteiger partial charge in [-0.2, -0.15) is 5.37 Å². The van der Waals surface area contributed by atoms with Crippen LogP contribution >= 0.6 is 0 Å². The first kappa shape index (κ1) is 6.93. The fraction of sp³-hybridized carbons (Fsp3) is 0.500. The highest BCUT2D eigenvalue weighted by molar-refractivity contribution is 6.98. The smallest absolute Gasteiger partial charge is 0.0921 e. The molecule has 0 atom stereocenters. The van der Waals surface area contributed by atoms with Gasteiger partial charge in [0.05, 0.1) is 15.0 Å². The summed E-state index contributed by atoms with van der Waals surface area (Å²) >= 11 is 0. The molecule has 0 amide bonds. The van der Waals surface area contributed by atoms with Gasteiger partial charge >= 0.3 is 0 Å². The topological polar surface area (TPSA) is 0 Å². The maximum Gasteiger partial charge on any atom is 0.0921 e. The molecular weight excluding hydrogens is 80.5 g/mol. The van der Waals surface area contributed by atoms with Crippen LogP contribution in [0.3, 0.4) is 0 Å². The Bertz CT molecular complexity index is 80.9. The zero-order valence-corrected chi connectivity index (χ0v) is 4.73. The van der Waals surface area contributed by atoms with Gasteiger partial charge < -0.3 is 0 Å². The summed E-state index contributed by atoms with van der Waals surface area (Å²) in [6.45, 7) is 3.83. The maximum atomic E-state index is 5.31. The van der Waals surface area contributed by atoms with Gasteiger partial charge in [0, 0.05) is 7.74 Å². The Balaban J connectivity index is 3.72. The SMILES string of the molecule is [B][B]C([B])=C(C)C. The third-order valence-corrected chi connectivity index (χ3v) is 0.757. The fourth-order valence-corrected chi connectivity index (χ4v) is 0.167. The first-order valence-electron chi connectivity index (χ1n) is 2.16. The number of allylic oxidation sites excluding steroid dienone is 1. The van der Waals surface area contributed by atoms with Crippen LogP contribution in [0.2, 0.25) is 0 Å². The van der Waals surface area contributed by atoms with Gasteiger partial charge in [0.15, 0.2) is 0 Å². The molecule has 0 aliphatic rings. The van der Waals surface area contributed by atoms with E-state index in [4.69, 9.17) is 15.6 Å². The molecule has 0 aromatic rings. The Morgan fingerprint density at radius 2 is 1.86 bits per heavy atom. The summed E-state index contributed by atoms with van der Waals surface area (Å²) in [5, 5.41) is 0.667. The summed E-state index contributed by atoms with van der Waals surface area (Å²) in [6.07, 6.45) is 0. The first-order valence-corrected chi connectivity index (χ1v) is 2.16. The molecule has 0 N–H and O–H groups in total. The van der Waals surface area contributed by atoms with Crippen molar-refractivity contribution < 1.29 is 0 Å². The molecule has 0 saturated carbocycles. The van der Waals surface area contributed by atoms with Crippen molar-refractivity contribution in [3.8, 4) is 0 Å². The standard InChI is InChI=1S/C4H6B3/c1-3(2)4(5)7-6/h1-2H3. The largest absolute Gasteiger partial charge is 0.163 e. The molecule has 0 aliphatic heterocycles. The molecule has 0 saturated heterocycles. The first-order chi connectivity index (χ1) is 3.18. The van der Waals surface area contributed by atoms with Crippen molar-refractivity contribution in [2.24, 2.45) is 0 Å². The molecule has 31 valence electrons. The van der Waals surface area contributed by atoms with E-state index in [9.17, 15) is 0 Å². The van der Waals surface area contributed by atoms with Gasteiger partial charge in [-0.15, -0.1) is 0 Å². The van der Waals surface area contributed by atoms with Crippen LogP contribution in [0.5, 0.6) is 0 Å². The molecule has 5 radical (unpaired) electrons. The van der Waals surface area contributed by atoms with E-state index >= 15 is 0 Å². The van der Waals surface area contributed by atoms with Crippen LogP contribution in [-0.2, 0) is 0 Å². The van der Waals surface area contributed by atoms with E-state index in [-0.39, 0.29) is 0 Å². The number of hydrogen-bond donors (Lipinski definition) is 0. The minimum absolute atomic E-state index is 0.667. The summed E-state index contributed by atoms with van der Waals surface area (Å²) in [5.41, 5.74) is 1.06. The molecule has 0 rings (SSSR count). The molecule has 0 spiro atoms. The van der Waals surface area contributed by atoms with Crippen LogP contribution in [0.4, 0.5) is 0 Å². The van der Waals surface area contributed by atoms with Crippen molar-refractivity contribution in [3.05, 3.63) is 10.9 Å². The van der Waals surface area contributed by atoms with Crippen molar-refractivity contribution in [2.75, 3.05) is 0 Å². The predicted molar refractivity (Wildman–Crippen MR) is 35.6 cm³/mol. The lowest BCUT2D eigenvalue weighted by molar-refractivity contribution is 1.40. The Labute approximate surface area is 48.4 Å². The van der Waals surface area contributed by atoms with Gasteiger partial charge in [-0.1, -0.05) is 5.57 Å². The van der Waals surface area contributed by atoms with Crippen LogP contribution in [-0.4, -0.2) is 22.8 Å². The third-order valence-electron chi connectivity index (χ3n) is 0.757. The van der Waals surface area contributed by atoms with E-state index in [2.05, 4.69) is 0 Å². The average Bonchev–Trinajstić information content (AvgIpc) is 1.65. The zero-order chi connectivity index (χ0) is 5.86. The molecule has 0 aliphatic carbocycles. The van der Waals surface area contributed by atoms with Gasteiger partial charge in [-0.3, -0.25) is 0 Å². The number of rotatable bonds is 1. The lowest BCUT2D eigenvalue weighted by Gasteiger charge is -1.94. The lowest BCUT2D eigenvalue weighted by atomic mass is 9.44. The van der Waals surface area contributed by atoms with Crippen molar-refractivity contribution in [1.82, 2.24) is 0 Å². The Morgan fingerprint density at radius 1 is 1.43 bits per heavy atom. The quantitative estimate of drug-likeness (QED) is 0.400. The minimum Gasteiger partial charge on any atom is -0.163 e. The van der Waals surface area contributed by atoms with E-state index in [0.717, 1.165) is 5.57 Å². The van der Waals surface area contributed by atoms with Gasteiger partial charge in [-0.05, 0) is 13.8 Å². The van der Waals surface area contributed by atoms with Crippen molar-refractivity contribution >= 4 is 22.8 Å². The van der Waals surface area contributed by atoms with Crippen molar-refractivity contribution in [2.45, 2.75) is 13.8 Å². The molecule has 0 aromatic heterocycles. The zero-order valence-electron chi connectivity index (χ0n) is 4.73. The van der Waals surface area contributed by atoms with E-state index in [1.165, 1.54) is 7.17 Å². The maximum absolute atomic E-state index is 5.31. The van der Waals surface area contributed by atoms with Crippen molar-refractivity contribution in [3.63, 3.8) is 0 Å². The van der Waals surface area contributed by atoms with Gasteiger partial charge in [-0.25, -0.2) is 0 Å². The van der Waals surface area contributed by atoms with Crippen LogP contribution < -0.4 is 0 Å². The number of hydrogen-bond acceptors (Lipinski definition) is 0. The Kier molecular flexibility index (Phi) is 2.98. The highest BCUT2D eigenvalue weighted by atomic mass is 13.7. The Hall–Kier alpha value is -0.0652. The highest BCUT2D eigenvalue weighted by Crippen LogP contribution is 1.92. The minimum atomic E-state index is 0.667. The van der Waals surface area contributed by atoms with Crippen LogP contribution in [0, 0.1) is 0 Å². The molecule has 0 aromatic carbocycles. The van der Waals surface area contributed by atoms with Gasteiger partial charge in [0.2, 0.25) is 0 Å². The van der Waals surface area contributed by atoms with Crippen molar-refractivity contribution in [1.29, 1.82) is 0 Å². The molecule has 3 heteroatoms. The van der Waals surface area contributed by atoms with Crippen LogP contribution in [0.25, 0.3) is 0 Å².